The monoisotopic (exact) mass is 590 g/mol. The summed E-state index contributed by atoms with van der Waals surface area (Å²) in [5, 5.41) is 12.9. The van der Waals surface area contributed by atoms with Crippen LogP contribution in [0, 0.1) is 12.8 Å². The zero-order valence-corrected chi connectivity index (χ0v) is 25.0. The maximum Gasteiger partial charge on any atom is 0.326 e. The molecule has 6 rings (SSSR count). The van der Waals surface area contributed by atoms with Crippen LogP contribution in [0.15, 0.2) is 59.1 Å². The summed E-state index contributed by atoms with van der Waals surface area (Å²) in [5.41, 5.74) is 2.48. The van der Waals surface area contributed by atoms with E-state index in [0.29, 0.717) is 22.9 Å². The van der Waals surface area contributed by atoms with Gasteiger partial charge in [0.25, 0.3) is 5.91 Å². The van der Waals surface area contributed by atoms with Crippen molar-refractivity contribution < 1.29 is 19.1 Å². The summed E-state index contributed by atoms with van der Waals surface area (Å²) < 4.78 is 6.01. The van der Waals surface area contributed by atoms with Gasteiger partial charge in [-0.15, -0.1) is 0 Å². The molecule has 10 nitrogen and oxygen atoms in total. The molecule has 1 aliphatic carbocycles. The standard InChI is InChI=1S/C31H38N6O4S/c1-18-16-20(41-19-8-5-4-6-9-19)12-13-23(18)37-24-14-15-32-30-26(24)27(35-31(37)40)28(42-30)29(39)34-22-11-7-10-21(22)33-25(38)17-36(2)3/h4-6,8-9,12-13,16,21-22,24,26,30,32H,7,10-11,14-15,17H2,1-3H3,(H,33,38)(H,34,39)(H,35,40)/t21-,22+,24?,26?,30?/m0/s1. The lowest BCUT2D eigenvalue weighted by atomic mass is 9.86. The number of urea groups is 1. The van der Waals surface area contributed by atoms with Gasteiger partial charge in [-0.25, -0.2) is 4.79 Å². The van der Waals surface area contributed by atoms with Gasteiger partial charge in [0.2, 0.25) is 5.91 Å². The quantitative estimate of drug-likeness (QED) is 0.373. The number of piperidine rings is 1. The number of thioether (sulfide) groups is 1. The predicted octanol–water partition coefficient (Wildman–Crippen LogP) is 3.29. The number of anilines is 1. The molecule has 4 N–H and O–H groups in total. The Balaban J connectivity index is 1.19. The lowest BCUT2D eigenvalue weighted by Gasteiger charge is -2.46. The molecule has 42 heavy (non-hydrogen) atoms. The number of carbonyl (C=O) groups excluding carboxylic acids is 3. The van der Waals surface area contributed by atoms with Crippen molar-refractivity contribution in [3.63, 3.8) is 0 Å². The van der Waals surface area contributed by atoms with Gasteiger partial charge < -0.3 is 30.9 Å². The number of amides is 4. The van der Waals surface area contributed by atoms with Gasteiger partial charge in [-0.1, -0.05) is 30.0 Å². The van der Waals surface area contributed by atoms with Crippen molar-refractivity contribution in [2.75, 3.05) is 32.1 Å². The topological polar surface area (TPSA) is 115 Å². The number of aryl methyl sites for hydroxylation is 1. The van der Waals surface area contributed by atoms with Crippen LogP contribution in [0.1, 0.15) is 31.2 Å². The first-order valence-corrected chi connectivity index (χ1v) is 15.5. The largest absolute Gasteiger partial charge is 0.457 e. The van der Waals surface area contributed by atoms with E-state index >= 15 is 0 Å². The molecule has 11 heteroatoms. The van der Waals surface area contributed by atoms with E-state index in [9.17, 15) is 14.4 Å². The molecule has 4 amide bonds. The summed E-state index contributed by atoms with van der Waals surface area (Å²) in [4.78, 5) is 43.9. The Morgan fingerprint density at radius 3 is 2.55 bits per heavy atom. The third-order valence-corrected chi connectivity index (χ3v) is 9.75. The molecule has 1 saturated carbocycles. The summed E-state index contributed by atoms with van der Waals surface area (Å²) in [6.45, 7) is 3.05. The SMILES string of the molecule is Cc1cc(Oc2ccccc2)ccc1N1C(=O)NC2=C(C(=O)N[C@@H]3CCC[C@@H]3NC(=O)CN(C)C)SC3NCCC1C23. The van der Waals surface area contributed by atoms with E-state index in [1.54, 1.807) is 0 Å². The Morgan fingerprint density at radius 2 is 1.81 bits per heavy atom. The fraction of sp³-hybridized carbons (Fsp3) is 0.452. The number of rotatable bonds is 8. The first-order valence-electron chi connectivity index (χ1n) is 14.6. The number of likely N-dealkylation sites (N-methyl/N-ethyl adjacent to an activating group) is 1. The highest BCUT2D eigenvalue weighted by Crippen LogP contribution is 2.48. The molecule has 5 atom stereocenters. The molecule has 0 aromatic heterocycles. The molecule has 2 aromatic rings. The second kappa shape index (κ2) is 12.0. The number of nitrogens with one attached hydrogen (secondary N) is 4. The fourth-order valence-corrected chi connectivity index (χ4v) is 7.97. The number of para-hydroxylation sites is 1. The third kappa shape index (κ3) is 5.73. The molecule has 3 unspecified atom stereocenters. The van der Waals surface area contributed by atoms with Crippen LogP contribution in [0.2, 0.25) is 0 Å². The van der Waals surface area contributed by atoms with E-state index in [0.717, 1.165) is 49.2 Å². The van der Waals surface area contributed by atoms with Crippen LogP contribution >= 0.6 is 11.8 Å². The minimum absolute atomic E-state index is 0.0113. The van der Waals surface area contributed by atoms with Crippen LogP contribution < -0.4 is 30.9 Å². The van der Waals surface area contributed by atoms with Crippen molar-refractivity contribution >= 4 is 35.3 Å². The lowest BCUT2D eigenvalue weighted by Crippen LogP contribution is -2.62. The second-order valence-corrected chi connectivity index (χ2v) is 12.9. The number of hydrogen-bond acceptors (Lipinski definition) is 7. The summed E-state index contributed by atoms with van der Waals surface area (Å²) in [6, 6.07) is 14.9. The highest BCUT2D eigenvalue weighted by atomic mass is 32.2. The van der Waals surface area contributed by atoms with Crippen molar-refractivity contribution in [2.45, 2.75) is 56.1 Å². The van der Waals surface area contributed by atoms with Crippen molar-refractivity contribution in [1.82, 2.24) is 26.2 Å². The van der Waals surface area contributed by atoms with Crippen molar-refractivity contribution in [3.8, 4) is 11.5 Å². The van der Waals surface area contributed by atoms with E-state index in [2.05, 4.69) is 21.3 Å². The minimum Gasteiger partial charge on any atom is -0.457 e. The Kier molecular flexibility index (Phi) is 8.15. The molecule has 3 heterocycles. The minimum atomic E-state index is -0.228. The molecule has 0 bridgehead atoms. The van der Waals surface area contributed by atoms with Crippen LogP contribution in [-0.2, 0) is 9.59 Å². The molecular weight excluding hydrogens is 552 g/mol. The fourth-order valence-electron chi connectivity index (χ4n) is 6.57. The third-order valence-electron chi connectivity index (χ3n) is 8.39. The second-order valence-electron chi connectivity index (χ2n) is 11.7. The van der Waals surface area contributed by atoms with Gasteiger partial charge in [-0.2, -0.15) is 0 Å². The van der Waals surface area contributed by atoms with Crippen molar-refractivity contribution in [2.24, 2.45) is 5.92 Å². The average molecular weight is 591 g/mol. The van der Waals surface area contributed by atoms with Gasteiger partial charge >= 0.3 is 6.03 Å². The van der Waals surface area contributed by atoms with Crippen LogP contribution in [-0.4, -0.2) is 73.4 Å². The van der Waals surface area contributed by atoms with E-state index < -0.39 is 0 Å². The Bertz CT molecular complexity index is 1400. The van der Waals surface area contributed by atoms with Gasteiger partial charge in [0.05, 0.1) is 22.9 Å². The number of nitrogens with zero attached hydrogens (tertiary/aromatic N) is 2. The smallest absolute Gasteiger partial charge is 0.326 e. The van der Waals surface area contributed by atoms with Crippen LogP contribution in [0.4, 0.5) is 10.5 Å². The summed E-state index contributed by atoms with van der Waals surface area (Å²) in [5.74, 6) is 1.19. The number of hydrogen-bond donors (Lipinski definition) is 4. The van der Waals surface area contributed by atoms with Gasteiger partial charge in [0, 0.05) is 29.4 Å². The average Bonchev–Trinajstić information content (AvgIpc) is 3.54. The molecular formula is C31H38N6O4S. The molecule has 3 fully saturated rings. The van der Waals surface area contributed by atoms with Crippen molar-refractivity contribution in [3.05, 3.63) is 64.7 Å². The van der Waals surface area contributed by atoms with E-state index in [-0.39, 0.29) is 47.3 Å². The zero-order valence-electron chi connectivity index (χ0n) is 24.2. The van der Waals surface area contributed by atoms with E-state index in [1.165, 1.54) is 11.8 Å². The lowest BCUT2D eigenvalue weighted by molar-refractivity contribution is -0.123. The number of ether oxygens (including phenoxy) is 1. The molecule has 0 radical (unpaired) electrons. The Labute approximate surface area is 250 Å². The van der Waals surface area contributed by atoms with E-state index in [4.69, 9.17) is 4.74 Å². The first kappa shape index (κ1) is 28.6. The molecule has 4 aliphatic rings. The van der Waals surface area contributed by atoms with Gasteiger partial charge in [-0.05, 0) is 89.1 Å². The van der Waals surface area contributed by atoms with Crippen LogP contribution in [0.25, 0.3) is 0 Å². The van der Waals surface area contributed by atoms with Gasteiger partial charge in [0.15, 0.2) is 0 Å². The molecule has 222 valence electrons. The summed E-state index contributed by atoms with van der Waals surface area (Å²) in [6.07, 6.45) is 3.35. The highest BCUT2D eigenvalue weighted by Gasteiger charge is 2.52. The van der Waals surface area contributed by atoms with Gasteiger partial charge in [-0.3, -0.25) is 14.5 Å². The van der Waals surface area contributed by atoms with Crippen LogP contribution in [0.5, 0.6) is 11.5 Å². The predicted molar refractivity (Wildman–Crippen MR) is 163 cm³/mol. The maximum absolute atomic E-state index is 13.7. The summed E-state index contributed by atoms with van der Waals surface area (Å²) >= 11 is 1.49. The van der Waals surface area contributed by atoms with Crippen LogP contribution in [0.3, 0.4) is 0 Å². The van der Waals surface area contributed by atoms with E-state index in [1.807, 2.05) is 79.3 Å². The van der Waals surface area contributed by atoms with Gasteiger partial charge in [0.1, 0.15) is 11.5 Å². The number of benzene rings is 2. The Hall–Kier alpha value is -3.54. The molecule has 2 saturated heterocycles. The maximum atomic E-state index is 13.7. The summed E-state index contributed by atoms with van der Waals surface area (Å²) in [7, 11) is 3.71. The van der Waals surface area contributed by atoms with Crippen molar-refractivity contribution in [1.29, 1.82) is 0 Å². The first-order chi connectivity index (χ1) is 20.3. The normalized spacial score (nSPS) is 26.6. The molecule has 3 aliphatic heterocycles. The zero-order chi connectivity index (χ0) is 29.4. The Morgan fingerprint density at radius 1 is 1.05 bits per heavy atom. The molecule has 2 aromatic carbocycles. The number of carbonyl (C=O) groups is 3. The highest BCUT2D eigenvalue weighted by molar-refractivity contribution is 8.04. The molecule has 0 spiro atoms.